The van der Waals surface area contributed by atoms with Crippen molar-refractivity contribution in [2.45, 2.75) is 58.3 Å². The van der Waals surface area contributed by atoms with Crippen LogP contribution >= 0.6 is 0 Å². The second kappa shape index (κ2) is 8.53. The molecule has 0 saturated heterocycles. The summed E-state index contributed by atoms with van der Waals surface area (Å²) in [5.41, 5.74) is 1.43. The van der Waals surface area contributed by atoms with E-state index in [-0.39, 0.29) is 0 Å². The van der Waals surface area contributed by atoms with Gasteiger partial charge in [0.05, 0.1) is 12.0 Å². The molecule has 0 aliphatic heterocycles. The molecule has 0 amide bonds. The Bertz CT molecular complexity index is 559. The van der Waals surface area contributed by atoms with Gasteiger partial charge in [0.15, 0.2) is 0 Å². The second-order valence-corrected chi connectivity index (χ2v) is 7.56. The van der Waals surface area contributed by atoms with Gasteiger partial charge in [-0.1, -0.05) is 33.1 Å². The van der Waals surface area contributed by atoms with E-state index in [1.54, 1.807) is 33.1 Å². The molecule has 0 bridgehead atoms. The third-order valence-corrected chi connectivity index (χ3v) is 5.77. The van der Waals surface area contributed by atoms with E-state index in [2.05, 4.69) is 18.6 Å². The molecule has 1 atom stereocenters. The number of hydrogen-bond donors (Lipinski definition) is 1. The highest BCUT2D eigenvalue weighted by molar-refractivity contribution is 7.89. The molecule has 0 heterocycles. The summed E-state index contributed by atoms with van der Waals surface area (Å²) in [6.45, 7) is 8.38. The number of ether oxygens (including phenoxy) is 1. The van der Waals surface area contributed by atoms with Crippen LogP contribution in [-0.2, 0) is 10.0 Å². The van der Waals surface area contributed by atoms with E-state index in [1.165, 1.54) is 0 Å². The smallest absolute Gasteiger partial charge is 0.241 e. The van der Waals surface area contributed by atoms with E-state index in [4.69, 9.17) is 4.74 Å². The van der Waals surface area contributed by atoms with Crippen molar-refractivity contribution in [2.75, 3.05) is 13.7 Å². The number of nitrogens with one attached hydrogen (secondary N) is 1. The number of methoxy groups -OCH3 is 1. The highest BCUT2D eigenvalue weighted by Gasteiger charge is 2.21. The van der Waals surface area contributed by atoms with Gasteiger partial charge >= 0.3 is 0 Å². The summed E-state index contributed by atoms with van der Waals surface area (Å²) in [6, 6.07) is 3.52. The highest BCUT2D eigenvalue weighted by atomic mass is 32.2. The Balaban J connectivity index is 2.91. The Kier molecular flexibility index (Phi) is 7.36. The predicted molar refractivity (Wildman–Crippen MR) is 91.0 cm³/mol. The average Bonchev–Trinajstić information content (AvgIpc) is 2.46. The van der Waals surface area contributed by atoms with Gasteiger partial charge in [-0.15, -0.1) is 0 Å². The van der Waals surface area contributed by atoms with E-state index in [0.29, 0.717) is 34.2 Å². The first-order valence-corrected chi connectivity index (χ1v) is 9.48. The van der Waals surface area contributed by atoms with Crippen molar-refractivity contribution in [3.8, 4) is 5.75 Å². The quantitative estimate of drug-likeness (QED) is 0.750. The Hall–Kier alpha value is -1.07. The van der Waals surface area contributed by atoms with Crippen LogP contribution in [-0.4, -0.2) is 22.1 Å². The van der Waals surface area contributed by atoms with E-state index in [0.717, 1.165) is 25.7 Å². The molecular formula is C17H29NO3S. The molecule has 0 saturated carbocycles. The first kappa shape index (κ1) is 19.0. The lowest BCUT2D eigenvalue weighted by Crippen LogP contribution is -2.30. The van der Waals surface area contributed by atoms with Gasteiger partial charge in [0, 0.05) is 6.54 Å². The van der Waals surface area contributed by atoms with Crippen molar-refractivity contribution in [1.29, 1.82) is 0 Å². The predicted octanol–water partition coefficient (Wildman–Crippen LogP) is 3.81. The minimum absolute atomic E-state index is 0.374. The van der Waals surface area contributed by atoms with Gasteiger partial charge in [0.1, 0.15) is 5.75 Å². The molecule has 0 aromatic heterocycles. The minimum atomic E-state index is -3.48. The van der Waals surface area contributed by atoms with Crippen molar-refractivity contribution in [2.24, 2.45) is 5.92 Å². The van der Waals surface area contributed by atoms with Gasteiger partial charge in [0.2, 0.25) is 10.0 Å². The van der Waals surface area contributed by atoms with E-state index in [1.807, 2.05) is 0 Å². The number of sulfonamides is 1. The standard InChI is InChI=1S/C17H29NO3S/c1-6-8-9-15(7-2)12-18-22(19,20)17-13(3)10-16(21-5)11-14(17)4/h10-11,15,18H,6-9,12H2,1-5H3/t15-/m1/s1. The van der Waals surface area contributed by atoms with Crippen molar-refractivity contribution >= 4 is 10.0 Å². The van der Waals surface area contributed by atoms with E-state index < -0.39 is 10.0 Å². The summed E-state index contributed by atoms with van der Waals surface area (Å²) in [5, 5.41) is 0. The topological polar surface area (TPSA) is 55.4 Å². The Morgan fingerprint density at radius 3 is 2.23 bits per heavy atom. The van der Waals surface area contributed by atoms with Crippen LogP contribution in [0, 0.1) is 19.8 Å². The third-order valence-electron chi connectivity index (χ3n) is 4.04. The van der Waals surface area contributed by atoms with Crippen LogP contribution < -0.4 is 9.46 Å². The van der Waals surface area contributed by atoms with Gasteiger partial charge in [-0.3, -0.25) is 0 Å². The monoisotopic (exact) mass is 327 g/mol. The molecule has 1 aromatic carbocycles. The molecule has 1 N–H and O–H groups in total. The minimum Gasteiger partial charge on any atom is -0.497 e. The van der Waals surface area contributed by atoms with Gasteiger partial charge in [-0.05, 0) is 49.4 Å². The third kappa shape index (κ3) is 4.99. The summed E-state index contributed by atoms with van der Waals surface area (Å²) in [5.74, 6) is 1.08. The summed E-state index contributed by atoms with van der Waals surface area (Å²) < 4.78 is 33.2. The second-order valence-electron chi connectivity index (χ2n) is 5.86. The van der Waals surface area contributed by atoms with Crippen LogP contribution in [0.1, 0.15) is 50.7 Å². The van der Waals surface area contributed by atoms with Crippen LogP contribution in [0.2, 0.25) is 0 Å². The number of unbranched alkanes of at least 4 members (excludes halogenated alkanes) is 1. The SMILES string of the molecule is CCCC[C@@H](CC)CNS(=O)(=O)c1c(C)cc(OC)cc1C. The number of hydrogen-bond acceptors (Lipinski definition) is 3. The van der Waals surface area contributed by atoms with E-state index in [9.17, 15) is 8.42 Å². The van der Waals surface area contributed by atoms with Crippen molar-refractivity contribution in [3.63, 3.8) is 0 Å². The number of benzene rings is 1. The molecule has 0 unspecified atom stereocenters. The maximum atomic E-state index is 12.6. The van der Waals surface area contributed by atoms with Gasteiger partial charge in [0.25, 0.3) is 0 Å². The van der Waals surface area contributed by atoms with Crippen LogP contribution in [0.3, 0.4) is 0 Å². The number of rotatable bonds is 9. The van der Waals surface area contributed by atoms with E-state index >= 15 is 0 Å². The van der Waals surface area contributed by atoms with Crippen LogP contribution in [0.4, 0.5) is 0 Å². The maximum Gasteiger partial charge on any atom is 0.241 e. The zero-order chi connectivity index (χ0) is 16.8. The number of aryl methyl sites for hydroxylation is 2. The van der Waals surface area contributed by atoms with Crippen LogP contribution in [0.25, 0.3) is 0 Å². The highest BCUT2D eigenvalue weighted by Crippen LogP contribution is 2.25. The first-order chi connectivity index (χ1) is 10.4. The molecule has 5 heteroatoms. The fraction of sp³-hybridized carbons (Fsp3) is 0.647. The largest absolute Gasteiger partial charge is 0.497 e. The fourth-order valence-corrected chi connectivity index (χ4v) is 4.26. The zero-order valence-corrected chi connectivity index (χ0v) is 15.2. The zero-order valence-electron chi connectivity index (χ0n) is 14.4. The molecular weight excluding hydrogens is 298 g/mol. The van der Waals surface area contributed by atoms with Crippen LogP contribution in [0.15, 0.2) is 17.0 Å². The molecule has 22 heavy (non-hydrogen) atoms. The molecule has 0 fully saturated rings. The van der Waals surface area contributed by atoms with Crippen molar-refractivity contribution < 1.29 is 13.2 Å². The van der Waals surface area contributed by atoms with Gasteiger partial charge < -0.3 is 4.74 Å². The fourth-order valence-electron chi connectivity index (χ4n) is 2.70. The Morgan fingerprint density at radius 2 is 1.77 bits per heavy atom. The molecule has 0 aliphatic rings. The molecule has 1 rings (SSSR count). The molecule has 0 aliphatic carbocycles. The molecule has 0 radical (unpaired) electrons. The molecule has 126 valence electrons. The molecule has 1 aromatic rings. The summed E-state index contributed by atoms with van der Waals surface area (Å²) in [7, 11) is -1.90. The lowest BCUT2D eigenvalue weighted by atomic mass is 10.00. The average molecular weight is 327 g/mol. The van der Waals surface area contributed by atoms with Gasteiger partial charge in [-0.25, -0.2) is 13.1 Å². The van der Waals surface area contributed by atoms with Gasteiger partial charge in [-0.2, -0.15) is 0 Å². The Morgan fingerprint density at radius 1 is 1.18 bits per heavy atom. The Labute approximate surface area is 135 Å². The first-order valence-electron chi connectivity index (χ1n) is 8.00. The normalized spacial score (nSPS) is 13.1. The lowest BCUT2D eigenvalue weighted by Gasteiger charge is -2.17. The maximum absolute atomic E-state index is 12.6. The lowest BCUT2D eigenvalue weighted by molar-refractivity contribution is 0.413. The summed E-state index contributed by atoms with van der Waals surface area (Å²) >= 11 is 0. The summed E-state index contributed by atoms with van der Waals surface area (Å²) in [6.07, 6.45) is 4.33. The molecule has 0 spiro atoms. The molecule has 4 nitrogen and oxygen atoms in total. The van der Waals surface area contributed by atoms with Crippen molar-refractivity contribution in [3.05, 3.63) is 23.3 Å². The summed E-state index contributed by atoms with van der Waals surface area (Å²) in [4.78, 5) is 0.374. The van der Waals surface area contributed by atoms with Crippen molar-refractivity contribution in [1.82, 2.24) is 4.72 Å². The van der Waals surface area contributed by atoms with Crippen LogP contribution in [0.5, 0.6) is 5.75 Å².